The summed E-state index contributed by atoms with van der Waals surface area (Å²) < 4.78 is 0. The van der Waals surface area contributed by atoms with E-state index in [9.17, 15) is 9.59 Å². The van der Waals surface area contributed by atoms with Gasteiger partial charge in [0.2, 0.25) is 11.8 Å². The van der Waals surface area contributed by atoms with Crippen LogP contribution < -0.4 is 0 Å². The first-order valence-corrected chi connectivity index (χ1v) is 10.9. The molecule has 4 rings (SSSR count). The summed E-state index contributed by atoms with van der Waals surface area (Å²) in [5.74, 6) is 1.08. The second kappa shape index (κ2) is 8.64. The summed E-state index contributed by atoms with van der Waals surface area (Å²) in [5.41, 5.74) is 1.14. The fourth-order valence-electron chi connectivity index (χ4n) is 4.71. The number of amides is 2. The van der Waals surface area contributed by atoms with E-state index in [-0.39, 0.29) is 11.8 Å². The summed E-state index contributed by atoms with van der Waals surface area (Å²) in [6, 6.07) is 0.523. The number of carbonyl (C=O) groups excluding carboxylic acids is 2. The van der Waals surface area contributed by atoms with Gasteiger partial charge in [-0.15, -0.1) is 0 Å². The van der Waals surface area contributed by atoms with Crippen LogP contribution in [0.2, 0.25) is 0 Å². The quantitative estimate of drug-likeness (QED) is 0.803. The lowest BCUT2D eigenvalue weighted by Gasteiger charge is -2.42. The summed E-state index contributed by atoms with van der Waals surface area (Å²) in [4.78, 5) is 31.7. The number of nitrogens with zero attached hydrogens (tertiary/aromatic N) is 4. The lowest BCUT2D eigenvalue weighted by molar-refractivity contribution is -0.136. The van der Waals surface area contributed by atoms with Gasteiger partial charge in [-0.3, -0.25) is 19.6 Å². The molecule has 0 spiro atoms. The van der Waals surface area contributed by atoms with Crippen molar-refractivity contribution in [3.63, 3.8) is 0 Å². The van der Waals surface area contributed by atoms with Crippen molar-refractivity contribution in [1.29, 1.82) is 0 Å². The van der Waals surface area contributed by atoms with Crippen molar-refractivity contribution in [2.24, 2.45) is 11.8 Å². The molecule has 0 bridgehead atoms. The Labute approximate surface area is 167 Å². The molecule has 1 saturated carbocycles. The van der Waals surface area contributed by atoms with E-state index in [2.05, 4.69) is 20.0 Å². The predicted octanol–water partition coefficient (Wildman–Crippen LogP) is 1.52. The molecule has 1 aliphatic carbocycles. The molecule has 3 fully saturated rings. The van der Waals surface area contributed by atoms with E-state index in [1.165, 1.54) is 0 Å². The summed E-state index contributed by atoms with van der Waals surface area (Å²) in [7, 11) is 1.92. The van der Waals surface area contributed by atoms with Crippen LogP contribution in [0, 0.1) is 11.8 Å². The number of rotatable bonds is 6. The molecule has 7 nitrogen and oxygen atoms in total. The van der Waals surface area contributed by atoms with Gasteiger partial charge in [0.15, 0.2) is 0 Å². The third-order valence-corrected chi connectivity index (χ3v) is 6.69. The van der Waals surface area contributed by atoms with Gasteiger partial charge < -0.3 is 9.80 Å². The average Bonchev–Trinajstić information content (AvgIpc) is 3.46. The molecule has 0 aromatic carbocycles. The van der Waals surface area contributed by atoms with E-state index in [4.69, 9.17) is 0 Å². The molecule has 2 aliphatic heterocycles. The van der Waals surface area contributed by atoms with Gasteiger partial charge >= 0.3 is 0 Å². The van der Waals surface area contributed by atoms with Gasteiger partial charge in [-0.05, 0) is 57.1 Å². The molecule has 7 heteroatoms. The van der Waals surface area contributed by atoms with E-state index >= 15 is 0 Å². The number of nitrogens with one attached hydrogen (secondary N) is 1. The molecule has 154 valence electrons. The first-order valence-electron chi connectivity index (χ1n) is 10.9. The molecule has 1 N–H and O–H groups in total. The average molecular weight is 388 g/mol. The zero-order chi connectivity index (χ0) is 19.5. The second-order valence-electron chi connectivity index (χ2n) is 8.78. The van der Waals surface area contributed by atoms with Crippen LogP contribution in [0.15, 0.2) is 12.4 Å². The zero-order valence-electron chi connectivity index (χ0n) is 17.0. The summed E-state index contributed by atoms with van der Waals surface area (Å²) in [6.07, 6.45) is 10.9. The van der Waals surface area contributed by atoms with Crippen molar-refractivity contribution in [3.05, 3.63) is 18.0 Å². The molecule has 1 aromatic rings. The third kappa shape index (κ3) is 4.57. The molecule has 2 amide bonds. The Bertz CT molecular complexity index is 664. The van der Waals surface area contributed by atoms with Gasteiger partial charge in [-0.1, -0.05) is 0 Å². The normalized spacial score (nSPS) is 24.3. The van der Waals surface area contributed by atoms with Gasteiger partial charge in [-0.25, -0.2) is 0 Å². The Balaban J connectivity index is 1.24. The standard InChI is InChI=1S/C21H33N5O2/c1-24(10-6-16-13-22-23-14-16)20(27)18-3-2-9-26(15-18)19-7-11-25(12-8-19)21(28)17-4-5-17/h13-14,17-19H,2-12,15H2,1H3,(H,22,23)/t18-/m1/s1. The number of H-pyrrole nitrogens is 1. The van der Waals surface area contributed by atoms with Crippen LogP contribution in [0.1, 0.15) is 44.1 Å². The summed E-state index contributed by atoms with van der Waals surface area (Å²) >= 11 is 0. The minimum Gasteiger partial charge on any atom is -0.345 e. The number of aromatic amines is 1. The highest BCUT2D eigenvalue weighted by molar-refractivity contribution is 5.81. The largest absolute Gasteiger partial charge is 0.345 e. The molecular weight excluding hydrogens is 354 g/mol. The number of carbonyl (C=O) groups is 2. The van der Waals surface area contributed by atoms with Gasteiger partial charge in [0.05, 0.1) is 12.1 Å². The maximum atomic E-state index is 12.9. The second-order valence-corrected chi connectivity index (χ2v) is 8.78. The van der Waals surface area contributed by atoms with Crippen LogP contribution in [0.5, 0.6) is 0 Å². The van der Waals surface area contributed by atoms with Crippen LogP contribution in [0.3, 0.4) is 0 Å². The molecular formula is C21H33N5O2. The maximum absolute atomic E-state index is 12.9. The molecule has 2 saturated heterocycles. The van der Waals surface area contributed by atoms with Crippen LogP contribution in [-0.2, 0) is 16.0 Å². The summed E-state index contributed by atoms with van der Waals surface area (Å²) in [5, 5.41) is 6.79. The van der Waals surface area contributed by atoms with Gasteiger partial charge in [-0.2, -0.15) is 5.10 Å². The Morgan fingerprint density at radius 2 is 1.93 bits per heavy atom. The van der Waals surface area contributed by atoms with Crippen LogP contribution in [0.25, 0.3) is 0 Å². The Hall–Kier alpha value is -1.89. The maximum Gasteiger partial charge on any atom is 0.226 e. The fraction of sp³-hybridized carbons (Fsp3) is 0.762. The van der Waals surface area contributed by atoms with Crippen LogP contribution in [-0.4, -0.2) is 82.5 Å². The lowest BCUT2D eigenvalue weighted by atomic mass is 9.92. The van der Waals surface area contributed by atoms with Crippen molar-refractivity contribution in [1.82, 2.24) is 24.9 Å². The number of likely N-dealkylation sites (N-methyl/N-ethyl adjacent to an activating group) is 1. The van der Waals surface area contributed by atoms with Gasteiger partial charge in [0.1, 0.15) is 0 Å². The topological polar surface area (TPSA) is 72.5 Å². The summed E-state index contributed by atoms with van der Waals surface area (Å²) in [6.45, 7) is 4.47. The predicted molar refractivity (Wildman–Crippen MR) is 107 cm³/mol. The number of hydrogen-bond acceptors (Lipinski definition) is 4. The number of piperidine rings is 2. The van der Waals surface area contributed by atoms with Gasteiger partial charge in [0.25, 0.3) is 0 Å². The zero-order valence-corrected chi connectivity index (χ0v) is 17.0. The SMILES string of the molecule is CN(CCc1cn[nH]c1)C(=O)[C@@H]1CCCN(C2CCN(C(=O)C3CC3)CC2)C1. The van der Waals surface area contributed by atoms with E-state index in [1.54, 1.807) is 0 Å². The fourth-order valence-corrected chi connectivity index (χ4v) is 4.71. The first-order chi connectivity index (χ1) is 13.6. The lowest BCUT2D eigenvalue weighted by Crippen LogP contribution is -2.52. The van der Waals surface area contributed by atoms with Crippen molar-refractivity contribution in [3.8, 4) is 0 Å². The van der Waals surface area contributed by atoms with Crippen molar-refractivity contribution >= 4 is 11.8 Å². The highest BCUT2D eigenvalue weighted by atomic mass is 16.2. The first kappa shape index (κ1) is 19.4. The van der Waals surface area contributed by atoms with Gasteiger partial charge in [0, 0.05) is 51.4 Å². The van der Waals surface area contributed by atoms with E-state index in [0.29, 0.717) is 17.9 Å². The monoisotopic (exact) mass is 387 g/mol. The van der Waals surface area contributed by atoms with Crippen molar-refractivity contribution in [2.75, 3.05) is 39.8 Å². The molecule has 28 heavy (non-hydrogen) atoms. The molecule has 0 radical (unpaired) electrons. The molecule has 1 aromatic heterocycles. The minimum atomic E-state index is 0.106. The van der Waals surface area contributed by atoms with Crippen LogP contribution >= 0.6 is 0 Å². The highest BCUT2D eigenvalue weighted by Crippen LogP contribution is 2.32. The Kier molecular flexibility index (Phi) is 5.99. The molecule has 0 unspecified atom stereocenters. The molecule has 3 heterocycles. The molecule has 1 atom stereocenters. The van der Waals surface area contributed by atoms with Crippen molar-refractivity contribution < 1.29 is 9.59 Å². The van der Waals surface area contributed by atoms with E-state index in [0.717, 1.165) is 83.2 Å². The van der Waals surface area contributed by atoms with E-state index in [1.807, 2.05) is 24.3 Å². The minimum absolute atomic E-state index is 0.106. The smallest absolute Gasteiger partial charge is 0.226 e. The van der Waals surface area contributed by atoms with Crippen molar-refractivity contribution in [2.45, 2.75) is 51.0 Å². The third-order valence-electron chi connectivity index (χ3n) is 6.69. The highest BCUT2D eigenvalue weighted by Gasteiger charge is 2.37. The Morgan fingerprint density at radius 1 is 1.14 bits per heavy atom. The van der Waals surface area contributed by atoms with Crippen LogP contribution in [0.4, 0.5) is 0 Å². The molecule has 3 aliphatic rings. The number of aromatic nitrogens is 2. The number of hydrogen-bond donors (Lipinski definition) is 1. The Morgan fingerprint density at radius 3 is 2.61 bits per heavy atom. The van der Waals surface area contributed by atoms with E-state index < -0.39 is 0 Å². The number of likely N-dealkylation sites (tertiary alicyclic amines) is 2.